The van der Waals surface area contributed by atoms with Crippen molar-refractivity contribution in [1.82, 2.24) is 0 Å². The summed E-state index contributed by atoms with van der Waals surface area (Å²) in [7, 11) is 0. The van der Waals surface area contributed by atoms with Crippen molar-refractivity contribution in [3.05, 3.63) is 29.3 Å². The summed E-state index contributed by atoms with van der Waals surface area (Å²) in [4.78, 5) is 2.24. The summed E-state index contributed by atoms with van der Waals surface area (Å²) >= 11 is 0. The molecule has 0 aliphatic carbocycles. The smallest absolute Gasteiger partial charge is 0.172 e. The van der Waals surface area contributed by atoms with Crippen LogP contribution in [-0.4, -0.2) is 35.8 Å². The van der Waals surface area contributed by atoms with Crippen molar-refractivity contribution in [3.63, 3.8) is 0 Å². The highest BCUT2D eigenvalue weighted by atomic mass is 16.4. The number of amidine groups is 1. The molecule has 1 heterocycles. The Kier molecular flexibility index (Phi) is 4.27. The number of rotatable bonds is 4. The third kappa shape index (κ3) is 2.98. The largest absolute Gasteiger partial charge is 0.409 e. The van der Waals surface area contributed by atoms with Gasteiger partial charge in [0.05, 0.1) is 0 Å². The van der Waals surface area contributed by atoms with Gasteiger partial charge in [-0.2, -0.15) is 0 Å². The summed E-state index contributed by atoms with van der Waals surface area (Å²) in [6.07, 6.45) is 1.91. The van der Waals surface area contributed by atoms with Crippen LogP contribution in [0.4, 0.5) is 5.69 Å². The minimum Gasteiger partial charge on any atom is -0.409 e. The Morgan fingerprint density at radius 3 is 3.00 bits per heavy atom. The number of anilines is 1. The zero-order chi connectivity index (χ0) is 13.8. The molecule has 1 aromatic rings. The molecule has 5 heteroatoms. The highest BCUT2D eigenvalue weighted by molar-refractivity contribution is 6.02. The topological polar surface area (TPSA) is 82.1 Å². The fourth-order valence-electron chi connectivity index (χ4n) is 2.65. The van der Waals surface area contributed by atoms with Gasteiger partial charge in [-0.05, 0) is 37.8 Å². The zero-order valence-electron chi connectivity index (χ0n) is 11.2. The van der Waals surface area contributed by atoms with Gasteiger partial charge in [0.15, 0.2) is 5.84 Å². The Bertz CT molecular complexity index is 474. The molecular formula is C14H21N3O2. The van der Waals surface area contributed by atoms with E-state index in [1.54, 1.807) is 0 Å². The number of nitrogens with two attached hydrogens (primary N) is 1. The molecule has 0 radical (unpaired) electrons. The van der Waals surface area contributed by atoms with Crippen LogP contribution in [0.2, 0.25) is 0 Å². The maximum atomic E-state index is 9.01. The van der Waals surface area contributed by atoms with Gasteiger partial charge in [0, 0.05) is 30.9 Å². The lowest BCUT2D eigenvalue weighted by atomic mass is 10.1. The van der Waals surface area contributed by atoms with Crippen molar-refractivity contribution in [2.24, 2.45) is 16.8 Å². The highest BCUT2D eigenvalue weighted by Gasteiger charge is 2.24. The van der Waals surface area contributed by atoms with E-state index in [9.17, 15) is 0 Å². The van der Waals surface area contributed by atoms with Crippen LogP contribution in [0.5, 0.6) is 0 Å². The van der Waals surface area contributed by atoms with E-state index in [1.807, 2.05) is 25.1 Å². The Morgan fingerprint density at radius 2 is 2.32 bits per heavy atom. The van der Waals surface area contributed by atoms with Crippen LogP contribution in [0.3, 0.4) is 0 Å². The Balaban J connectivity index is 2.25. The third-order valence-electron chi connectivity index (χ3n) is 3.70. The summed E-state index contributed by atoms with van der Waals surface area (Å²) in [5.41, 5.74) is 8.61. The predicted molar refractivity (Wildman–Crippen MR) is 75.7 cm³/mol. The van der Waals surface area contributed by atoms with Crippen LogP contribution in [0.25, 0.3) is 0 Å². The molecule has 1 aromatic carbocycles. The van der Waals surface area contributed by atoms with E-state index in [0.29, 0.717) is 5.92 Å². The fourth-order valence-corrected chi connectivity index (χ4v) is 2.65. The first-order chi connectivity index (χ1) is 9.15. The minimum absolute atomic E-state index is 0.143. The van der Waals surface area contributed by atoms with E-state index in [-0.39, 0.29) is 12.4 Å². The molecular weight excluding hydrogens is 242 g/mol. The van der Waals surface area contributed by atoms with Crippen molar-refractivity contribution in [1.29, 1.82) is 0 Å². The molecule has 1 atom stereocenters. The molecule has 19 heavy (non-hydrogen) atoms. The second-order valence-corrected chi connectivity index (χ2v) is 5.12. The van der Waals surface area contributed by atoms with Gasteiger partial charge in [0.2, 0.25) is 0 Å². The van der Waals surface area contributed by atoms with Crippen LogP contribution in [0, 0.1) is 12.8 Å². The number of aliphatic hydroxyl groups is 1. The van der Waals surface area contributed by atoms with Crippen molar-refractivity contribution in [2.75, 3.05) is 24.6 Å². The van der Waals surface area contributed by atoms with E-state index >= 15 is 0 Å². The van der Waals surface area contributed by atoms with E-state index in [4.69, 9.17) is 16.0 Å². The molecule has 1 aliphatic rings. The molecule has 1 aliphatic heterocycles. The molecule has 4 N–H and O–H groups in total. The summed E-state index contributed by atoms with van der Waals surface area (Å²) in [5, 5.41) is 21.0. The molecule has 2 rings (SSSR count). The number of aryl methyl sites for hydroxylation is 1. The molecule has 0 spiro atoms. The third-order valence-corrected chi connectivity index (χ3v) is 3.70. The van der Waals surface area contributed by atoms with Crippen molar-refractivity contribution >= 4 is 11.5 Å². The number of aliphatic hydroxyl groups excluding tert-OH is 1. The second kappa shape index (κ2) is 5.93. The first-order valence-corrected chi connectivity index (χ1v) is 6.60. The van der Waals surface area contributed by atoms with Gasteiger partial charge in [-0.1, -0.05) is 16.8 Å². The van der Waals surface area contributed by atoms with E-state index < -0.39 is 0 Å². The quantitative estimate of drug-likeness (QED) is 0.331. The van der Waals surface area contributed by atoms with Gasteiger partial charge in [0.1, 0.15) is 0 Å². The van der Waals surface area contributed by atoms with Gasteiger partial charge in [0.25, 0.3) is 0 Å². The standard InChI is InChI=1S/C14H21N3O2/c1-10-2-3-13(12(8-10)14(15)16-19)17-6-4-11(9-17)5-7-18/h2-3,8,11,18-19H,4-7,9H2,1H3,(H2,15,16). The van der Waals surface area contributed by atoms with Crippen LogP contribution < -0.4 is 10.6 Å². The Morgan fingerprint density at radius 1 is 1.53 bits per heavy atom. The second-order valence-electron chi connectivity index (χ2n) is 5.12. The van der Waals surface area contributed by atoms with Crippen LogP contribution in [0.15, 0.2) is 23.4 Å². The van der Waals surface area contributed by atoms with Crippen LogP contribution in [0.1, 0.15) is 24.0 Å². The van der Waals surface area contributed by atoms with Crippen LogP contribution >= 0.6 is 0 Å². The highest BCUT2D eigenvalue weighted by Crippen LogP contribution is 2.29. The average molecular weight is 263 g/mol. The van der Waals surface area contributed by atoms with Crippen molar-refractivity contribution in [3.8, 4) is 0 Å². The van der Waals surface area contributed by atoms with Crippen molar-refractivity contribution < 1.29 is 10.3 Å². The van der Waals surface area contributed by atoms with E-state index in [0.717, 1.165) is 42.7 Å². The van der Waals surface area contributed by atoms with Crippen LogP contribution in [-0.2, 0) is 0 Å². The van der Waals surface area contributed by atoms with Crippen molar-refractivity contribution in [2.45, 2.75) is 19.8 Å². The summed E-state index contributed by atoms with van der Waals surface area (Å²) in [6.45, 7) is 4.07. The number of hydrogen-bond acceptors (Lipinski definition) is 4. The van der Waals surface area contributed by atoms with Gasteiger partial charge < -0.3 is 20.9 Å². The molecule has 5 nitrogen and oxygen atoms in total. The van der Waals surface area contributed by atoms with Gasteiger partial charge in [-0.15, -0.1) is 0 Å². The summed E-state index contributed by atoms with van der Waals surface area (Å²) < 4.78 is 0. The minimum atomic E-state index is 0.143. The number of nitrogens with zero attached hydrogens (tertiary/aromatic N) is 2. The lowest BCUT2D eigenvalue weighted by molar-refractivity contribution is 0.263. The first-order valence-electron chi connectivity index (χ1n) is 6.60. The summed E-state index contributed by atoms with van der Waals surface area (Å²) in [5.74, 6) is 0.663. The van der Waals surface area contributed by atoms with E-state index in [2.05, 4.69) is 10.1 Å². The Hall–Kier alpha value is -1.75. The van der Waals surface area contributed by atoms with E-state index in [1.165, 1.54) is 0 Å². The molecule has 0 aromatic heterocycles. The number of oxime groups is 1. The molecule has 1 fully saturated rings. The maximum absolute atomic E-state index is 9.01. The number of benzene rings is 1. The lowest BCUT2D eigenvalue weighted by Crippen LogP contribution is -2.25. The van der Waals surface area contributed by atoms with Gasteiger partial charge in [-0.3, -0.25) is 0 Å². The SMILES string of the molecule is Cc1ccc(N2CCC(CCO)C2)c(/C(N)=N/O)c1. The predicted octanol–water partition coefficient (Wildman–Crippen LogP) is 1.30. The van der Waals surface area contributed by atoms with Gasteiger partial charge in [-0.25, -0.2) is 0 Å². The first kappa shape index (κ1) is 13.7. The van der Waals surface area contributed by atoms with Gasteiger partial charge >= 0.3 is 0 Å². The maximum Gasteiger partial charge on any atom is 0.172 e. The monoisotopic (exact) mass is 263 g/mol. The zero-order valence-corrected chi connectivity index (χ0v) is 11.2. The normalized spacial score (nSPS) is 20.0. The molecule has 0 bridgehead atoms. The molecule has 1 saturated heterocycles. The lowest BCUT2D eigenvalue weighted by Gasteiger charge is -2.22. The molecule has 1 unspecified atom stereocenters. The average Bonchev–Trinajstić information content (AvgIpc) is 2.86. The summed E-state index contributed by atoms with van der Waals surface area (Å²) in [6, 6.07) is 5.98. The molecule has 0 saturated carbocycles. The molecule has 0 amide bonds. The Labute approximate surface area is 113 Å². The number of hydrogen-bond donors (Lipinski definition) is 3. The fraction of sp³-hybridized carbons (Fsp3) is 0.500. The molecule has 104 valence electrons.